The lowest BCUT2D eigenvalue weighted by Gasteiger charge is -2.22. The minimum absolute atomic E-state index is 0.324. The van der Waals surface area contributed by atoms with Gasteiger partial charge in [0.2, 0.25) is 0 Å². The summed E-state index contributed by atoms with van der Waals surface area (Å²) in [6.07, 6.45) is 3.97. The third-order valence-corrected chi connectivity index (χ3v) is 5.31. The van der Waals surface area contributed by atoms with Gasteiger partial charge in [0.15, 0.2) is 0 Å². The topological polar surface area (TPSA) is 35.8 Å². The molecule has 4 heteroatoms. The first-order valence-corrected chi connectivity index (χ1v) is 8.02. The second-order valence-corrected chi connectivity index (χ2v) is 6.78. The van der Waals surface area contributed by atoms with E-state index in [1.807, 2.05) is 18.2 Å². The van der Waals surface area contributed by atoms with E-state index < -0.39 is 0 Å². The van der Waals surface area contributed by atoms with Gasteiger partial charge in [0, 0.05) is 10.1 Å². The molecule has 0 heterocycles. The number of nitrogens with zero attached hydrogens (tertiary/aromatic N) is 1. The summed E-state index contributed by atoms with van der Waals surface area (Å²) in [7, 11) is 0. The van der Waals surface area contributed by atoms with Crippen LogP contribution < -0.4 is 5.32 Å². The van der Waals surface area contributed by atoms with Crippen molar-refractivity contribution in [2.45, 2.75) is 48.3 Å². The molecule has 102 valence electrons. The van der Waals surface area contributed by atoms with Crippen molar-refractivity contribution in [3.05, 3.63) is 29.3 Å². The zero-order valence-corrected chi connectivity index (χ0v) is 12.7. The summed E-state index contributed by atoms with van der Waals surface area (Å²) in [4.78, 5) is 1.12. The van der Waals surface area contributed by atoms with Crippen molar-refractivity contribution in [3.63, 3.8) is 0 Å². The molecule has 2 nitrogen and oxygen atoms in total. The SMILES string of the molecule is CCCNC1(C#N)CCC(Sc2ccccc2Cl)C1. The lowest BCUT2D eigenvalue weighted by Crippen LogP contribution is -2.42. The molecule has 0 bridgehead atoms. The summed E-state index contributed by atoms with van der Waals surface area (Å²) in [6, 6.07) is 10.4. The van der Waals surface area contributed by atoms with Crippen LogP contribution in [0.15, 0.2) is 29.2 Å². The second-order valence-electron chi connectivity index (χ2n) is 5.03. The fourth-order valence-corrected chi connectivity index (χ4v) is 4.06. The fraction of sp³-hybridized carbons (Fsp3) is 0.533. The maximum Gasteiger partial charge on any atom is 0.107 e. The highest BCUT2D eigenvalue weighted by Crippen LogP contribution is 2.41. The van der Waals surface area contributed by atoms with Crippen LogP contribution >= 0.6 is 23.4 Å². The van der Waals surface area contributed by atoms with E-state index in [9.17, 15) is 5.26 Å². The highest BCUT2D eigenvalue weighted by Gasteiger charge is 2.39. The first kappa shape index (κ1) is 14.7. The van der Waals surface area contributed by atoms with Crippen LogP contribution in [0.5, 0.6) is 0 Å². The lowest BCUT2D eigenvalue weighted by atomic mass is 10.00. The number of hydrogen-bond acceptors (Lipinski definition) is 3. The van der Waals surface area contributed by atoms with Crippen LogP contribution in [-0.4, -0.2) is 17.3 Å². The zero-order valence-electron chi connectivity index (χ0n) is 11.2. The number of nitriles is 1. The predicted molar refractivity (Wildman–Crippen MR) is 81.6 cm³/mol. The molecule has 1 fully saturated rings. The monoisotopic (exact) mass is 294 g/mol. The van der Waals surface area contributed by atoms with Crippen molar-refractivity contribution >= 4 is 23.4 Å². The van der Waals surface area contributed by atoms with Crippen molar-refractivity contribution in [3.8, 4) is 6.07 Å². The van der Waals surface area contributed by atoms with E-state index in [-0.39, 0.29) is 5.54 Å². The van der Waals surface area contributed by atoms with Crippen molar-refractivity contribution in [2.75, 3.05) is 6.54 Å². The Morgan fingerprint density at radius 3 is 3.00 bits per heavy atom. The molecule has 19 heavy (non-hydrogen) atoms. The van der Waals surface area contributed by atoms with E-state index in [0.717, 1.165) is 42.1 Å². The van der Waals surface area contributed by atoms with Gasteiger partial charge in [-0.05, 0) is 44.4 Å². The molecule has 0 spiro atoms. The predicted octanol–water partition coefficient (Wildman–Crippen LogP) is 4.25. The van der Waals surface area contributed by atoms with Crippen LogP contribution in [0.3, 0.4) is 0 Å². The largest absolute Gasteiger partial charge is 0.299 e. The highest BCUT2D eigenvalue weighted by atomic mass is 35.5. The van der Waals surface area contributed by atoms with E-state index in [4.69, 9.17) is 11.6 Å². The molecule has 1 aliphatic rings. The van der Waals surface area contributed by atoms with Crippen LogP contribution in [0, 0.1) is 11.3 Å². The van der Waals surface area contributed by atoms with Crippen LogP contribution in [0.25, 0.3) is 0 Å². The summed E-state index contributed by atoms with van der Waals surface area (Å²) >= 11 is 8.00. The standard InChI is InChI=1S/C15H19ClN2S/c1-2-9-18-15(11-17)8-7-12(10-15)19-14-6-4-3-5-13(14)16/h3-6,12,18H,2,7-10H2,1H3. The third kappa shape index (κ3) is 3.66. The molecule has 0 radical (unpaired) electrons. The number of nitrogens with one attached hydrogen (secondary N) is 1. The van der Waals surface area contributed by atoms with Crippen molar-refractivity contribution in [1.29, 1.82) is 5.26 Å². The van der Waals surface area contributed by atoms with Crippen LogP contribution in [0.1, 0.15) is 32.6 Å². The minimum Gasteiger partial charge on any atom is -0.299 e. The van der Waals surface area contributed by atoms with Gasteiger partial charge in [0.1, 0.15) is 5.54 Å². The van der Waals surface area contributed by atoms with Crippen molar-refractivity contribution < 1.29 is 0 Å². The van der Waals surface area contributed by atoms with Gasteiger partial charge >= 0.3 is 0 Å². The van der Waals surface area contributed by atoms with Gasteiger partial charge in [0.25, 0.3) is 0 Å². The smallest absolute Gasteiger partial charge is 0.107 e. The highest BCUT2D eigenvalue weighted by molar-refractivity contribution is 8.00. The molecule has 1 saturated carbocycles. The number of halogens is 1. The maximum absolute atomic E-state index is 9.43. The second kappa shape index (κ2) is 6.65. The first-order valence-electron chi connectivity index (χ1n) is 6.76. The molecule has 1 aliphatic carbocycles. The number of thioether (sulfide) groups is 1. The van der Waals surface area contributed by atoms with Crippen LogP contribution in [-0.2, 0) is 0 Å². The lowest BCUT2D eigenvalue weighted by molar-refractivity contribution is 0.424. The summed E-state index contributed by atoms with van der Waals surface area (Å²) in [6.45, 7) is 3.04. The molecule has 2 unspecified atom stereocenters. The molecule has 1 aromatic rings. The Balaban J connectivity index is 1.98. The number of hydrogen-bond donors (Lipinski definition) is 1. The summed E-state index contributed by atoms with van der Waals surface area (Å²) in [5, 5.41) is 14.1. The van der Waals surface area contributed by atoms with Gasteiger partial charge in [-0.15, -0.1) is 11.8 Å². The molecular weight excluding hydrogens is 276 g/mol. The van der Waals surface area contributed by atoms with Gasteiger partial charge in [-0.2, -0.15) is 5.26 Å². The Hall–Kier alpha value is -0.690. The molecular formula is C15H19ClN2S. The summed E-state index contributed by atoms with van der Waals surface area (Å²) in [5.74, 6) is 0. The van der Waals surface area contributed by atoms with Gasteiger partial charge in [-0.25, -0.2) is 0 Å². The normalized spacial score (nSPS) is 26.3. The van der Waals surface area contributed by atoms with Crippen LogP contribution in [0.2, 0.25) is 5.02 Å². The number of benzene rings is 1. The quantitative estimate of drug-likeness (QED) is 0.882. The molecule has 0 aromatic heterocycles. The fourth-order valence-electron chi connectivity index (χ4n) is 2.49. The molecule has 1 N–H and O–H groups in total. The molecule has 0 saturated heterocycles. The molecule has 0 aliphatic heterocycles. The first-order chi connectivity index (χ1) is 9.19. The third-order valence-electron chi connectivity index (χ3n) is 3.53. The Labute approximate surface area is 124 Å². The average Bonchev–Trinajstić information content (AvgIpc) is 2.83. The Kier molecular flexibility index (Phi) is 5.15. The Morgan fingerprint density at radius 1 is 1.53 bits per heavy atom. The van der Waals surface area contributed by atoms with Gasteiger partial charge in [-0.3, -0.25) is 5.32 Å². The van der Waals surface area contributed by atoms with E-state index in [2.05, 4.69) is 24.4 Å². The maximum atomic E-state index is 9.43. The summed E-state index contributed by atoms with van der Waals surface area (Å²) < 4.78 is 0. The molecule has 2 atom stereocenters. The minimum atomic E-state index is -0.324. The van der Waals surface area contributed by atoms with E-state index in [1.165, 1.54) is 0 Å². The molecule has 2 rings (SSSR count). The van der Waals surface area contributed by atoms with Crippen molar-refractivity contribution in [2.24, 2.45) is 0 Å². The Bertz CT molecular complexity index is 471. The van der Waals surface area contributed by atoms with Gasteiger partial charge in [-0.1, -0.05) is 30.7 Å². The van der Waals surface area contributed by atoms with Gasteiger partial charge in [0.05, 0.1) is 11.1 Å². The van der Waals surface area contributed by atoms with Crippen molar-refractivity contribution in [1.82, 2.24) is 5.32 Å². The van der Waals surface area contributed by atoms with Gasteiger partial charge < -0.3 is 0 Å². The molecule has 1 aromatic carbocycles. The van der Waals surface area contributed by atoms with Crippen LogP contribution in [0.4, 0.5) is 0 Å². The summed E-state index contributed by atoms with van der Waals surface area (Å²) in [5.41, 5.74) is -0.324. The molecule has 0 amide bonds. The van der Waals surface area contributed by atoms with E-state index in [1.54, 1.807) is 11.8 Å². The number of rotatable bonds is 5. The average molecular weight is 295 g/mol. The Morgan fingerprint density at radius 2 is 2.32 bits per heavy atom. The zero-order chi connectivity index (χ0) is 13.7. The van der Waals surface area contributed by atoms with E-state index >= 15 is 0 Å². The van der Waals surface area contributed by atoms with E-state index in [0.29, 0.717) is 5.25 Å².